The number of rotatable bonds is 3. The van der Waals surface area contributed by atoms with Crippen molar-refractivity contribution < 1.29 is 0 Å². The fourth-order valence-electron chi connectivity index (χ4n) is 2.46. The predicted octanol–water partition coefficient (Wildman–Crippen LogP) is 3.13. The second kappa shape index (κ2) is 5.50. The molecule has 2 heterocycles. The van der Waals surface area contributed by atoms with E-state index in [1.54, 1.807) is 11.3 Å². The fourth-order valence-corrected chi connectivity index (χ4v) is 3.69. The van der Waals surface area contributed by atoms with Crippen molar-refractivity contribution in [1.29, 1.82) is 0 Å². The van der Waals surface area contributed by atoms with E-state index in [0.717, 1.165) is 17.5 Å². The molecule has 2 N–H and O–H groups in total. The Hall–Kier alpha value is -0.0900. The molecule has 1 fully saturated rings. The Kier molecular flexibility index (Phi) is 4.25. The largest absolute Gasteiger partial charge is 0.329 e. The zero-order valence-electron chi connectivity index (χ0n) is 9.66. The highest BCUT2D eigenvalue weighted by Gasteiger charge is 2.24. The van der Waals surface area contributed by atoms with Crippen molar-refractivity contribution in [2.24, 2.45) is 11.7 Å². The first-order valence-electron chi connectivity index (χ1n) is 5.88. The summed E-state index contributed by atoms with van der Waals surface area (Å²) in [6, 6.07) is 2.42. The molecule has 2 rings (SSSR count). The lowest BCUT2D eigenvalue weighted by molar-refractivity contribution is 0.135. The molecule has 1 aliphatic rings. The molecule has 2 nitrogen and oxygen atoms in total. The van der Waals surface area contributed by atoms with E-state index in [1.165, 1.54) is 24.3 Å². The topological polar surface area (TPSA) is 29.3 Å². The zero-order valence-corrected chi connectivity index (χ0v) is 11.2. The van der Waals surface area contributed by atoms with Crippen LogP contribution in [0.1, 0.15) is 30.7 Å². The lowest BCUT2D eigenvalue weighted by Crippen LogP contribution is -2.40. The van der Waals surface area contributed by atoms with Crippen molar-refractivity contribution in [2.45, 2.75) is 25.8 Å². The molecule has 0 amide bonds. The quantitative estimate of drug-likeness (QED) is 0.903. The third kappa shape index (κ3) is 2.77. The molecule has 1 aromatic rings. The lowest BCUT2D eigenvalue weighted by Gasteiger charge is -2.36. The minimum Gasteiger partial charge on any atom is -0.329 e. The maximum Gasteiger partial charge on any atom is 0.0564 e. The van der Waals surface area contributed by atoms with E-state index in [9.17, 15) is 0 Å². The van der Waals surface area contributed by atoms with Crippen LogP contribution in [0.15, 0.2) is 11.4 Å². The third-order valence-corrected chi connectivity index (χ3v) is 4.65. The third-order valence-electron chi connectivity index (χ3n) is 3.27. The molecule has 0 aliphatic carbocycles. The van der Waals surface area contributed by atoms with Crippen LogP contribution < -0.4 is 5.73 Å². The molecular formula is C12H19ClN2S. The van der Waals surface area contributed by atoms with Crippen LogP contribution in [0.5, 0.6) is 0 Å². The van der Waals surface area contributed by atoms with E-state index < -0.39 is 0 Å². The van der Waals surface area contributed by atoms with Gasteiger partial charge in [-0.1, -0.05) is 18.5 Å². The fraction of sp³-hybridized carbons (Fsp3) is 0.667. The molecule has 90 valence electrons. The van der Waals surface area contributed by atoms with E-state index >= 15 is 0 Å². The maximum atomic E-state index is 5.98. The van der Waals surface area contributed by atoms with Crippen LogP contribution in [0.25, 0.3) is 0 Å². The first kappa shape index (κ1) is 12.4. The van der Waals surface area contributed by atoms with Crippen molar-refractivity contribution in [3.05, 3.63) is 21.3 Å². The van der Waals surface area contributed by atoms with Crippen molar-refractivity contribution in [3.8, 4) is 0 Å². The molecule has 16 heavy (non-hydrogen) atoms. The van der Waals surface area contributed by atoms with Gasteiger partial charge in [-0.2, -0.15) is 0 Å². The van der Waals surface area contributed by atoms with Crippen LogP contribution in [0.3, 0.4) is 0 Å². The number of likely N-dealkylation sites (tertiary alicyclic amines) is 1. The molecule has 2 atom stereocenters. The first-order chi connectivity index (χ1) is 7.70. The van der Waals surface area contributed by atoms with Crippen molar-refractivity contribution >= 4 is 22.9 Å². The van der Waals surface area contributed by atoms with Crippen LogP contribution in [0.2, 0.25) is 5.02 Å². The van der Waals surface area contributed by atoms with Gasteiger partial charge in [0.1, 0.15) is 0 Å². The summed E-state index contributed by atoms with van der Waals surface area (Å²) < 4.78 is 0. The van der Waals surface area contributed by atoms with Gasteiger partial charge < -0.3 is 5.73 Å². The van der Waals surface area contributed by atoms with Crippen LogP contribution in [0, 0.1) is 5.92 Å². The van der Waals surface area contributed by atoms with Crippen LogP contribution in [0.4, 0.5) is 0 Å². The van der Waals surface area contributed by atoms with E-state index in [-0.39, 0.29) is 0 Å². The number of nitrogens with zero attached hydrogens (tertiary/aromatic N) is 1. The van der Waals surface area contributed by atoms with Gasteiger partial charge in [0.05, 0.1) is 11.1 Å². The molecular weight excluding hydrogens is 240 g/mol. The summed E-state index contributed by atoms with van der Waals surface area (Å²) in [5.74, 6) is 0.790. The van der Waals surface area contributed by atoms with Gasteiger partial charge in [-0.05, 0) is 31.4 Å². The Morgan fingerprint density at radius 3 is 3.06 bits per heavy atom. The number of halogens is 1. The molecule has 1 aromatic heterocycles. The normalized spacial score (nSPS) is 24.6. The number of thiophene rings is 1. The van der Waals surface area contributed by atoms with Gasteiger partial charge >= 0.3 is 0 Å². The summed E-state index contributed by atoms with van der Waals surface area (Å²) in [4.78, 5) is 3.82. The molecule has 1 aliphatic heterocycles. The Morgan fingerprint density at radius 1 is 1.69 bits per heavy atom. The molecule has 0 spiro atoms. The molecule has 0 bridgehead atoms. The number of hydrogen-bond donors (Lipinski definition) is 1. The molecule has 4 heteroatoms. The molecule has 2 unspecified atom stereocenters. The molecule has 0 radical (unpaired) electrons. The standard InChI is InChI=1S/C12H19ClN2S/c1-9-3-2-4-15(7-9)11(6-14)12-5-10(13)8-16-12/h5,8-9,11H,2-4,6-7,14H2,1H3. The van der Waals surface area contributed by atoms with Gasteiger partial charge in [0.2, 0.25) is 0 Å². The van der Waals surface area contributed by atoms with Gasteiger partial charge in [-0.15, -0.1) is 11.3 Å². The highest BCUT2D eigenvalue weighted by molar-refractivity contribution is 7.10. The Labute approximate surface area is 106 Å². The molecule has 0 saturated carbocycles. The van der Waals surface area contributed by atoms with Crippen LogP contribution in [-0.4, -0.2) is 24.5 Å². The Morgan fingerprint density at radius 2 is 2.50 bits per heavy atom. The van der Waals surface area contributed by atoms with Gasteiger partial charge in [-0.25, -0.2) is 0 Å². The average Bonchev–Trinajstić information content (AvgIpc) is 2.66. The first-order valence-corrected chi connectivity index (χ1v) is 7.14. The zero-order chi connectivity index (χ0) is 11.5. The highest BCUT2D eigenvalue weighted by Crippen LogP contribution is 2.31. The predicted molar refractivity (Wildman–Crippen MR) is 71.1 cm³/mol. The summed E-state index contributed by atoms with van der Waals surface area (Å²) in [5.41, 5.74) is 5.91. The van der Waals surface area contributed by atoms with Crippen molar-refractivity contribution in [2.75, 3.05) is 19.6 Å². The summed E-state index contributed by atoms with van der Waals surface area (Å²) in [7, 11) is 0. The summed E-state index contributed by atoms with van der Waals surface area (Å²) in [6.45, 7) is 5.34. The highest BCUT2D eigenvalue weighted by atomic mass is 35.5. The second-order valence-electron chi connectivity index (χ2n) is 4.66. The minimum atomic E-state index is 0.361. The van der Waals surface area contributed by atoms with E-state index in [0.29, 0.717) is 12.6 Å². The van der Waals surface area contributed by atoms with Gasteiger partial charge in [0.25, 0.3) is 0 Å². The molecule has 0 aromatic carbocycles. The van der Waals surface area contributed by atoms with E-state index in [2.05, 4.69) is 17.9 Å². The maximum absolute atomic E-state index is 5.98. The number of nitrogens with two attached hydrogens (primary N) is 1. The summed E-state index contributed by atoms with van der Waals surface area (Å²) in [5, 5.41) is 2.83. The Bertz CT molecular complexity index is 340. The average molecular weight is 259 g/mol. The Balaban J connectivity index is 2.09. The summed E-state index contributed by atoms with van der Waals surface area (Å²) in [6.07, 6.45) is 2.63. The monoisotopic (exact) mass is 258 g/mol. The van der Waals surface area contributed by atoms with Crippen LogP contribution in [-0.2, 0) is 0 Å². The van der Waals surface area contributed by atoms with Gasteiger partial charge in [0, 0.05) is 23.3 Å². The number of piperidine rings is 1. The molecule has 1 saturated heterocycles. The van der Waals surface area contributed by atoms with Gasteiger partial charge in [0.15, 0.2) is 0 Å². The lowest BCUT2D eigenvalue weighted by atomic mass is 9.98. The van der Waals surface area contributed by atoms with E-state index in [4.69, 9.17) is 17.3 Å². The number of hydrogen-bond acceptors (Lipinski definition) is 3. The SMILES string of the molecule is CC1CCCN(C(CN)c2cc(Cl)cs2)C1. The smallest absolute Gasteiger partial charge is 0.0564 e. The minimum absolute atomic E-state index is 0.361. The van der Waals surface area contributed by atoms with Gasteiger partial charge in [-0.3, -0.25) is 4.90 Å². The second-order valence-corrected chi connectivity index (χ2v) is 6.04. The van der Waals surface area contributed by atoms with E-state index in [1.807, 2.05) is 5.38 Å². The van der Waals surface area contributed by atoms with Crippen molar-refractivity contribution in [1.82, 2.24) is 4.90 Å². The summed E-state index contributed by atoms with van der Waals surface area (Å²) >= 11 is 7.70. The van der Waals surface area contributed by atoms with Crippen LogP contribution >= 0.6 is 22.9 Å². The van der Waals surface area contributed by atoms with Crippen molar-refractivity contribution in [3.63, 3.8) is 0 Å².